The van der Waals surface area contributed by atoms with E-state index in [0.29, 0.717) is 6.42 Å². The number of hydrogen-bond donors (Lipinski definition) is 9. The highest BCUT2D eigenvalue weighted by atomic mass is 16.7. The van der Waals surface area contributed by atoms with Crippen LogP contribution in [0.15, 0.2) is 85.1 Å². The Morgan fingerprint density at radius 2 is 0.784 bits per heavy atom. The quantitative estimate of drug-likeness (QED) is 0.0204. The first-order chi connectivity index (χ1) is 43.1. The van der Waals surface area contributed by atoms with Gasteiger partial charge in [-0.05, 0) is 70.6 Å². The first-order valence-corrected chi connectivity index (χ1v) is 35.8. The smallest absolute Gasteiger partial charge is 0.220 e. The molecule has 0 aromatic carbocycles. The van der Waals surface area contributed by atoms with Crippen molar-refractivity contribution in [1.29, 1.82) is 0 Å². The average molecular weight is 1240 g/mol. The Hall–Kier alpha value is -2.83. The van der Waals surface area contributed by atoms with Crippen molar-refractivity contribution >= 4 is 5.91 Å². The Morgan fingerprint density at radius 1 is 0.420 bits per heavy atom. The third kappa shape index (κ3) is 41.6. The molecule has 510 valence electrons. The molecule has 14 heteroatoms. The second-order valence-electron chi connectivity index (χ2n) is 25.0. The lowest BCUT2D eigenvalue weighted by molar-refractivity contribution is -0.359. The molecule has 0 bridgehead atoms. The third-order valence-electron chi connectivity index (χ3n) is 17.1. The van der Waals surface area contributed by atoms with E-state index < -0.39 is 86.8 Å². The van der Waals surface area contributed by atoms with Crippen LogP contribution < -0.4 is 5.32 Å². The van der Waals surface area contributed by atoms with Gasteiger partial charge in [0.2, 0.25) is 5.91 Å². The van der Waals surface area contributed by atoms with Crippen molar-refractivity contribution in [3.05, 3.63) is 85.1 Å². The Labute approximate surface area is 535 Å². The molecule has 0 aromatic rings. The fraction of sp³-hybridized carbons (Fsp3) is 0.797. The van der Waals surface area contributed by atoms with Crippen molar-refractivity contribution < 1.29 is 64.6 Å². The van der Waals surface area contributed by atoms with Gasteiger partial charge in [-0.2, -0.15) is 0 Å². The molecule has 12 atom stereocenters. The maximum absolute atomic E-state index is 13.3. The summed E-state index contributed by atoms with van der Waals surface area (Å²) in [5.41, 5.74) is 0. The lowest BCUT2D eigenvalue weighted by atomic mass is 9.97. The zero-order valence-corrected chi connectivity index (χ0v) is 55.4. The molecule has 0 aromatic heterocycles. The minimum atomic E-state index is -1.79. The first-order valence-electron chi connectivity index (χ1n) is 35.8. The van der Waals surface area contributed by atoms with E-state index in [9.17, 15) is 45.6 Å². The highest BCUT2D eigenvalue weighted by Gasteiger charge is 2.51. The number of hydrogen-bond acceptors (Lipinski definition) is 13. The number of amides is 1. The molecule has 0 radical (unpaired) electrons. The molecule has 9 N–H and O–H groups in total. The zero-order chi connectivity index (χ0) is 63.8. The van der Waals surface area contributed by atoms with Crippen LogP contribution in [0.5, 0.6) is 0 Å². The first kappa shape index (κ1) is 81.3. The Balaban J connectivity index is 1.69. The van der Waals surface area contributed by atoms with E-state index in [1.807, 2.05) is 6.08 Å². The molecule has 0 saturated carbocycles. The molecule has 88 heavy (non-hydrogen) atoms. The predicted octanol–water partition coefficient (Wildman–Crippen LogP) is 14.8. The fourth-order valence-corrected chi connectivity index (χ4v) is 11.4. The van der Waals surface area contributed by atoms with Crippen molar-refractivity contribution in [2.45, 2.75) is 357 Å². The summed E-state index contributed by atoms with van der Waals surface area (Å²) in [6.45, 7) is 2.71. The summed E-state index contributed by atoms with van der Waals surface area (Å²) < 4.78 is 22.9. The Kier molecular flexibility index (Phi) is 53.6. The molecule has 14 nitrogen and oxygen atoms in total. The van der Waals surface area contributed by atoms with E-state index in [-0.39, 0.29) is 18.9 Å². The minimum absolute atomic E-state index is 0.244. The van der Waals surface area contributed by atoms with Crippen LogP contribution in [0.25, 0.3) is 0 Å². The minimum Gasteiger partial charge on any atom is -0.394 e. The van der Waals surface area contributed by atoms with Crippen LogP contribution in [-0.4, -0.2) is 140 Å². The van der Waals surface area contributed by atoms with Crippen LogP contribution in [-0.2, 0) is 23.7 Å². The summed E-state index contributed by atoms with van der Waals surface area (Å²) >= 11 is 0. The van der Waals surface area contributed by atoms with Gasteiger partial charge in [0.05, 0.1) is 32.0 Å². The topological polar surface area (TPSA) is 228 Å². The molecular weight excluding hydrogens is 1110 g/mol. The lowest BCUT2D eigenvalue weighted by Gasteiger charge is -2.46. The molecule has 0 spiro atoms. The van der Waals surface area contributed by atoms with Gasteiger partial charge in [0.15, 0.2) is 12.6 Å². The summed E-state index contributed by atoms with van der Waals surface area (Å²) in [5.74, 6) is -0.244. The second kappa shape index (κ2) is 58.0. The maximum atomic E-state index is 13.3. The maximum Gasteiger partial charge on any atom is 0.220 e. The summed E-state index contributed by atoms with van der Waals surface area (Å²) in [6.07, 6.45) is 63.4. The van der Waals surface area contributed by atoms with Crippen LogP contribution >= 0.6 is 0 Å². The number of rotatable bonds is 58. The van der Waals surface area contributed by atoms with Crippen molar-refractivity contribution in [1.82, 2.24) is 5.32 Å². The number of carbonyl (C=O) groups excluding carboxylic acids is 1. The van der Waals surface area contributed by atoms with Gasteiger partial charge < -0.3 is 65.1 Å². The molecule has 2 saturated heterocycles. The van der Waals surface area contributed by atoms with Crippen LogP contribution in [0.3, 0.4) is 0 Å². The van der Waals surface area contributed by atoms with Gasteiger partial charge in [-0.15, -0.1) is 0 Å². The monoisotopic (exact) mass is 1240 g/mol. The highest BCUT2D eigenvalue weighted by molar-refractivity contribution is 5.76. The Bertz CT molecular complexity index is 1800. The SMILES string of the molecule is CC/C=C\C/C=C\C/C=C\C/C=C\C/C=C\C/C=C\CCCCCCCCCCCCC(=O)NC(COC1OC(CO)C(OC2OC(CO)C(O)C(O)C2O)C(O)C1O)C(O)/C=C/CCCCCCCCCCCCCCCCCCCCCCCCC. The van der Waals surface area contributed by atoms with Crippen LogP contribution in [0, 0.1) is 0 Å². The number of aliphatic hydroxyl groups is 8. The summed E-state index contributed by atoms with van der Waals surface area (Å²) in [7, 11) is 0. The molecule has 2 aliphatic heterocycles. The number of allylic oxidation sites excluding steroid dienone is 13. The van der Waals surface area contributed by atoms with E-state index in [2.05, 4.69) is 92.1 Å². The van der Waals surface area contributed by atoms with Gasteiger partial charge in [0, 0.05) is 6.42 Å². The molecule has 1 amide bonds. The summed E-state index contributed by atoms with van der Waals surface area (Å²) in [4.78, 5) is 13.3. The van der Waals surface area contributed by atoms with E-state index in [1.165, 1.54) is 173 Å². The fourth-order valence-electron chi connectivity index (χ4n) is 11.4. The van der Waals surface area contributed by atoms with Gasteiger partial charge in [-0.1, -0.05) is 292 Å². The molecule has 2 rings (SSSR count). The molecule has 2 heterocycles. The number of nitrogens with one attached hydrogen (secondary N) is 1. The zero-order valence-electron chi connectivity index (χ0n) is 55.4. The van der Waals surface area contributed by atoms with Crippen molar-refractivity contribution in [3.8, 4) is 0 Å². The van der Waals surface area contributed by atoms with E-state index in [1.54, 1.807) is 6.08 Å². The highest BCUT2D eigenvalue weighted by Crippen LogP contribution is 2.30. The van der Waals surface area contributed by atoms with E-state index in [4.69, 9.17) is 18.9 Å². The molecule has 2 aliphatic rings. The summed E-state index contributed by atoms with van der Waals surface area (Å²) in [5, 5.41) is 87.5. The molecule has 0 aliphatic carbocycles. The van der Waals surface area contributed by atoms with Crippen LogP contribution in [0.2, 0.25) is 0 Å². The summed E-state index contributed by atoms with van der Waals surface area (Å²) in [6, 6.07) is -0.924. The molecule has 2 fully saturated rings. The predicted molar refractivity (Wildman–Crippen MR) is 360 cm³/mol. The van der Waals surface area contributed by atoms with E-state index in [0.717, 1.165) is 83.5 Å². The second-order valence-corrected chi connectivity index (χ2v) is 25.0. The number of carbonyl (C=O) groups is 1. The molecule has 12 unspecified atom stereocenters. The third-order valence-corrected chi connectivity index (χ3v) is 17.1. The van der Waals surface area contributed by atoms with Crippen LogP contribution in [0.4, 0.5) is 0 Å². The largest absolute Gasteiger partial charge is 0.394 e. The number of aliphatic hydroxyl groups excluding tert-OH is 8. The Morgan fingerprint density at radius 3 is 1.20 bits per heavy atom. The lowest BCUT2D eigenvalue weighted by Crippen LogP contribution is -2.65. The average Bonchev–Trinajstić information content (AvgIpc) is 2.07. The van der Waals surface area contributed by atoms with E-state index >= 15 is 0 Å². The van der Waals surface area contributed by atoms with Gasteiger partial charge >= 0.3 is 0 Å². The van der Waals surface area contributed by atoms with Gasteiger partial charge in [0.25, 0.3) is 0 Å². The normalized spacial score (nSPS) is 23.7. The van der Waals surface area contributed by atoms with Gasteiger partial charge in [-0.3, -0.25) is 4.79 Å². The van der Waals surface area contributed by atoms with Crippen molar-refractivity contribution in [2.24, 2.45) is 0 Å². The molecular formula is C74H131NO13. The number of ether oxygens (including phenoxy) is 4. The standard InChI is InChI=1S/C74H131NO13/c1-3-5-7-9-11-13-15-17-19-21-23-25-27-29-30-31-32-34-36-38-40-42-44-46-48-50-52-54-56-58-66(79)75-62(61-85-73-71(84)69(82)72(65(60-77)87-73)88-74-70(83)68(81)67(80)64(59-76)86-74)63(78)57-55-53-51-49-47-45-43-41-39-37-35-33-28-26-24-22-20-18-16-14-12-10-8-6-4-2/h5,7,11,13,17,19,23,25,29-30,32,34,55,57,62-65,67-74,76-78,80-84H,3-4,6,8-10,12,14-16,18,20-22,24,26-28,31,33,35-54,56,58-61H2,1-2H3,(H,75,79)/b7-5-,13-11-,19-17-,25-23-,30-29-,34-32-,57-55+. The van der Waals surface area contributed by atoms with Crippen molar-refractivity contribution in [3.63, 3.8) is 0 Å². The van der Waals surface area contributed by atoms with Crippen molar-refractivity contribution in [2.75, 3.05) is 19.8 Å². The van der Waals surface area contributed by atoms with Gasteiger partial charge in [0.1, 0.15) is 48.8 Å². The van der Waals surface area contributed by atoms with Crippen LogP contribution in [0.1, 0.15) is 284 Å². The number of unbranched alkanes of at least 4 members (excludes halogenated alkanes) is 33. The van der Waals surface area contributed by atoms with Gasteiger partial charge in [-0.25, -0.2) is 0 Å².